The molecule has 0 fully saturated rings. The molecule has 0 unspecified atom stereocenters. The van der Waals surface area contributed by atoms with E-state index in [2.05, 4.69) is 38.2 Å². The fourth-order valence-corrected chi connectivity index (χ4v) is 1.70. The van der Waals surface area contributed by atoms with Gasteiger partial charge in [-0.15, -0.1) is 11.8 Å². The Morgan fingerprint density at radius 1 is 1.33 bits per heavy atom. The number of hydrogen-bond acceptors (Lipinski definition) is 4. The Morgan fingerprint density at radius 2 is 2.00 bits per heavy atom. The van der Waals surface area contributed by atoms with Gasteiger partial charge < -0.3 is 5.32 Å². The molecule has 0 spiro atoms. The zero-order valence-electron chi connectivity index (χ0n) is 11.5. The summed E-state index contributed by atoms with van der Waals surface area (Å²) in [7, 11) is 0. The summed E-state index contributed by atoms with van der Waals surface area (Å²) in [6, 6.07) is 0. The van der Waals surface area contributed by atoms with Crippen molar-refractivity contribution in [2.24, 2.45) is 0 Å². The summed E-state index contributed by atoms with van der Waals surface area (Å²) >= 11 is 1.34. The molecule has 0 radical (unpaired) electrons. The topological polar surface area (TPSA) is 55.2 Å². The molecule has 0 bridgehead atoms. The van der Waals surface area contributed by atoms with Crippen LogP contribution in [0.3, 0.4) is 0 Å². The minimum atomic E-state index is -0.440. The molecule has 5 heteroatoms. The number of nitro groups is 1. The highest BCUT2D eigenvalue weighted by Gasteiger charge is 1.98. The van der Waals surface area contributed by atoms with Crippen molar-refractivity contribution in [2.45, 2.75) is 33.6 Å². The van der Waals surface area contributed by atoms with Crippen LogP contribution in [0, 0.1) is 10.1 Å². The van der Waals surface area contributed by atoms with Crippen LogP contribution in [-0.4, -0.2) is 17.7 Å². The third kappa shape index (κ3) is 9.96. The molecule has 102 valence electrons. The predicted molar refractivity (Wildman–Crippen MR) is 79.0 cm³/mol. The lowest BCUT2D eigenvalue weighted by Gasteiger charge is -2.04. The first-order valence-corrected chi connectivity index (χ1v) is 7.10. The second-order valence-electron chi connectivity index (χ2n) is 4.23. The first-order chi connectivity index (χ1) is 8.45. The van der Waals surface area contributed by atoms with E-state index in [4.69, 9.17) is 0 Å². The number of allylic oxidation sites excluding steroid dienone is 3. The van der Waals surface area contributed by atoms with E-state index in [0.717, 1.165) is 19.0 Å². The highest BCUT2D eigenvalue weighted by Crippen LogP contribution is 2.08. The Kier molecular flexibility index (Phi) is 9.10. The summed E-state index contributed by atoms with van der Waals surface area (Å²) in [4.78, 5) is 9.88. The van der Waals surface area contributed by atoms with Crippen LogP contribution in [-0.2, 0) is 0 Å². The predicted octanol–water partition coefficient (Wildman–Crippen LogP) is 3.71. The molecule has 0 rings (SSSR count). The molecule has 0 amide bonds. The second kappa shape index (κ2) is 9.76. The standard InChI is InChI=1S/C13H22N2O2S/c1-11(2)6-5-7-12(3)8-9-14-13(18-4)10-15(16)17/h6,8,10,14H,5,7,9H2,1-4H3/b12-8+,13-10+. The molecule has 0 saturated heterocycles. The smallest absolute Gasteiger partial charge is 0.263 e. The van der Waals surface area contributed by atoms with Crippen molar-refractivity contribution in [1.82, 2.24) is 5.32 Å². The second-order valence-corrected chi connectivity index (χ2v) is 5.08. The molecule has 0 heterocycles. The highest BCUT2D eigenvalue weighted by molar-refractivity contribution is 8.02. The average molecular weight is 270 g/mol. The molecule has 0 saturated carbocycles. The Balaban J connectivity index is 4.06. The van der Waals surface area contributed by atoms with Crippen LogP contribution in [0.5, 0.6) is 0 Å². The SMILES string of the molecule is CS/C(=C/[N+](=O)[O-])NC/C=C(\C)CCC=C(C)C. The largest absolute Gasteiger partial charge is 0.371 e. The summed E-state index contributed by atoms with van der Waals surface area (Å²) in [5, 5.41) is 13.9. The van der Waals surface area contributed by atoms with Crippen molar-refractivity contribution < 1.29 is 4.92 Å². The van der Waals surface area contributed by atoms with Gasteiger partial charge in [-0.05, 0) is 39.9 Å². The van der Waals surface area contributed by atoms with E-state index in [1.165, 1.54) is 22.9 Å². The van der Waals surface area contributed by atoms with Crippen LogP contribution in [0.4, 0.5) is 0 Å². The van der Waals surface area contributed by atoms with Gasteiger partial charge in [0, 0.05) is 6.54 Å². The van der Waals surface area contributed by atoms with E-state index in [1.807, 2.05) is 6.26 Å². The van der Waals surface area contributed by atoms with Crippen LogP contribution in [0.25, 0.3) is 0 Å². The van der Waals surface area contributed by atoms with E-state index in [-0.39, 0.29) is 0 Å². The average Bonchev–Trinajstić information content (AvgIpc) is 2.26. The fraction of sp³-hybridized carbons (Fsp3) is 0.538. The Hall–Kier alpha value is -1.23. The maximum Gasteiger partial charge on any atom is 0.263 e. The molecular weight excluding hydrogens is 248 g/mol. The van der Waals surface area contributed by atoms with Crippen LogP contribution >= 0.6 is 11.8 Å². The van der Waals surface area contributed by atoms with Gasteiger partial charge in [0.25, 0.3) is 6.20 Å². The van der Waals surface area contributed by atoms with Gasteiger partial charge >= 0.3 is 0 Å². The van der Waals surface area contributed by atoms with Gasteiger partial charge in [0.05, 0.1) is 4.92 Å². The monoisotopic (exact) mass is 270 g/mol. The maximum atomic E-state index is 10.3. The highest BCUT2D eigenvalue weighted by atomic mass is 32.2. The molecular formula is C13H22N2O2S. The number of thioether (sulfide) groups is 1. The quantitative estimate of drug-likeness (QED) is 0.415. The van der Waals surface area contributed by atoms with Crippen LogP contribution in [0.1, 0.15) is 33.6 Å². The van der Waals surface area contributed by atoms with E-state index in [9.17, 15) is 10.1 Å². The lowest BCUT2D eigenvalue weighted by Crippen LogP contribution is -2.12. The normalized spacial score (nSPS) is 12.2. The zero-order chi connectivity index (χ0) is 14.0. The van der Waals surface area contributed by atoms with Crippen LogP contribution in [0.15, 0.2) is 34.5 Å². The first-order valence-electron chi connectivity index (χ1n) is 5.88. The van der Waals surface area contributed by atoms with Gasteiger partial charge in [-0.3, -0.25) is 10.1 Å². The van der Waals surface area contributed by atoms with E-state index in [1.54, 1.807) is 0 Å². The molecule has 4 nitrogen and oxygen atoms in total. The lowest BCUT2D eigenvalue weighted by molar-refractivity contribution is -0.403. The maximum absolute atomic E-state index is 10.3. The van der Waals surface area contributed by atoms with Crippen molar-refractivity contribution >= 4 is 11.8 Å². The zero-order valence-corrected chi connectivity index (χ0v) is 12.3. The summed E-state index contributed by atoms with van der Waals surface area (Å²) in [5.41, 5.74) is 2.63. The van der Waals surface area contributed by atoms with Crippen molar-refractivity contribution in [2.75, 3.05) is 12.8 Å². The molecule has 0 aromatic heterocycles. The van der Waals surface area contributed by atoms with E-state index in [0.29, 0.717) is 11.6 Å². The number of rotatable bonds is 8. The number of nitrogens with one attached hydrogen (secondary N) is 1. The summed E-state index contributed by atoms with van der Waals surface area (Å²) in [6.45, 7) is 6.89. The number of nitrogens with zero attached hydrogens (tertiary/aromatic N) is 1. The molecule has 0 aromatic rings. The van der Waals surface area contributed by atoms with Crippen LogP contribution in [0.2, 0.25) is 0 Å². The first kappa shape index (κ1) is 16.8. The molecule has 0 aliphatic rings. The van der Waals surface area contributed by atoms with Crippen molar-refractivity contribution in [3.63, 3.8) is 0 Å². The summed E-state index contributed by atoms with van der Waals surface area (Å²) in [6.07, 6.45) is 9.17. The molecule has 0 aliphatic heterocycles. The lowest BCUT2D eigenvalue weighted by atomic mass is 10.1. The minimum absolute atomic E-state index is 0.440. The summed E-state index contributed by atoms with van der Waals surface area (Å²) < 4.78 is 0. The molecule has 0 atom stereocenters. The van der Waals surface area contributed by atoms with Crippen molar-refractivity contribution in [3.05, 3.63) is 44.6 Å². The van der Waals surface area contributed by atoms with Crippen molar-refractivity contribution in [1.29, 1.82) is 0 Å². The van der Waals surface area contributed by atoms with Gasteiger partial charge in [0.1, 0.15) is 5.03 Å². The minimum Gasteiger partial charge on any atom is -0.371 e. The van der Waals surface area contributed by atoms with E-state index < -0.39 is 4.92 Å². The fourth-order valence-electron chi connectivity index (χ4n) is 1.28. The van der Waals surface area contributed by atoms with Gasteiger partial charge in [-0.1, -0.05) is 23.3 Å². The third-order valence-electron chi connectivity index (χ3n) is 2.26. The molecule has 0 aliphatic carbocycles. The summed E-state index contributed by atoms with van der Waals surface area (Å²) in [5.74, 6) is 0. The Labute approximate surface area is 113 Å². The van der Waals surface area contributed by atoms with Crippen LogP contribution < -0.4 is 5.32 Å². The van der Waals surface area contributed by atoms with Crippen molar-refractivity contribution in [3.8, 4) is 0 Å². The van der Waals surface area contributed by atoms with Gasteiger partial charge in [0.15, 0.2) is 0 Å². The molecule has 0 aromatic carbocycles. The van der Waals surface area contributed by atoms with Gasteiger partial charge in [-0.25, -0.2) is 0 Å². The Morgan fingerprint density at radius 3 is 2.50 bits per heavy atom. The molecule has 1 N–H and O–H groups in total. The molecule has 18 heavy (non-hydrogen) atoms. The number of hydrogen-bond donors (Lipinski definition) is 1. The van der Waals surface area contributed by atoms with E-state index >= 15 is 0 Å². The third-order valence-corrected chi connectivity index (χ3v) is 2.95. The van der Waals surface area contributed by atoms with Gasteiger partial charge in [0.2, 0.25) is 0 Å². The Bertz CT molecular complexity index is 356. The van der Waals surface area contributed by atoms with Gasteiger partial charge in [-0.2, -0.15) is 0 Å².